The maximum atomic E-state index is 12.3. The third-order valence-corrected chi connectivity index (χ3v) is 4.96. The molecule has 3 aromatic rings. The number of hydrogen-bond acceptors (Lipinski definition) is 4. The molecule has 0 unspecified atom stereocenters. The second kappa shape index (κ2) is 7.30. The molecule has 6 heteroatoms. The van der Waals surface area contributed by atoms with Crippen molar-refractivity contribution in [1.82, 2.24) is 15.1 Å². The monoisotopic (exact) mass is 367 g/mol. The highest BCUT2D eigenvalue weighted by Crippen LogP contribution is 2.33. The van der Waals surface area contributed by atoms with Gasteiger partial charge < -0.3 is 9.32 Å². The van der Waals surface area contributed by atoms with Crippen LogP contribution < -0.4 is 0 Å². The smallest absolute Gasteiger partial charge is 0.239 e. The van der Waals surface area contributed by atoms with E-state index < -0.39 is 0 Å². The molecule has 5 nitrogen and oxygen atoms in total. The van der Waals surface area contributed by atoms with E-state index in [-0.39, 0.29) is 11.9 Å². The Bertz CT molecular complexity index is 910. The molecule has 0 radical (unpaired) electrons. The molecule has 1 fully saturated rings. The molecule has 0 spiro atoms. The lowest BCUT2D eigenvalue weighted by atomic mass is 10.1. The Hall–Kier alpha value is -2.66. The fourth-order valence-corrected chi connectivity index (χ4v) is 3.45. The minimum absolute atomic E-state index is 0.115. The summed E-state index contributed by atoms with van der Waals surface area (Å²) in [5.74, 6) is 1.12. The number of hydrogen-bond donors (Lipinski definition) is 0. The zero-order valence-corrected chi connectivity index (χ0v) is 14.9. The van der Waals surface area contributed by atoms with E-state index in [4.69, 9.17) is 16.0 Å². The number of nitrogens with zero attached hydrogens (tertiary/aromatic N) is 3. The van der Waals surface area contributed by atoms with Crippen LogP contribution in [-0.2, 0) is 17.8 Å². The number of halogens is 1. The quantitative estimate of drug-likeness (QED) is 0.678. The number of amides is 1. The van der Waals surface area contributed by atoms with Gasteiger partial charge in [-0.05, 0) is 23.6 Å². The van der Waals surface area contributed by atoms with Gasteiger partial charge in [-0.1, -0.05) is 60.1 Å². The van der Waals surface area contributed by atoms with E-state index in [1.165, 1.54) is 0 Å². The summed E-state index contributed by atoms with van der Waals surface area (Å²) in [6.07, 6.45) is 1.67. The van der Waals surface area contributed by atoms with Crippen molar-refractivity contribution in [3.63, 3.8) is 0 Å². The van der Waals surface area contributed by atoms with Crippen molar-refractivity contribution < 1.29 is 9.21 Å². The van der Waals surface area contributed by atoms with E-state index in [2.05, 4.69) is 10.2 Å². The third kappa shape index (κ3) is 3.48. The molecule has 0 aliphatic carbocycles. The van der Waals surface area contributed by atoms with Crippen LogP contribution in [0.1, 0.15) is 41.8 Å². The minimum atomic E-state index is -0.171. The summed E-state index contributed by atoms with van der Waals surface area (Å²) >= 11 is 6.20. The van der Waals surface area contributed by atoms with Gasteiger partial charge in [0.15, 0.2) is 0 Å². The van der Waals surface area contributed by atoms with Gasteiger partial charge in [-0.25, -0.2) is 0 Å². The van der Waals surface area contributed by atoms with Gasteiger partial charge in [0.25, 0.3) is 0 Å². The number of benzene rings is 2. The van der Waals surface area contributed by atoms with Crippen LogP contribution in [0.3, 0.4) is 0 Å². The summed E-state index contributed by atoms with van der Waals surface area (Å²) in [5.41, 5.74) is 2.02. The molecule has 1 amide bonds. The predicted molar refractivity (Wildman–Crippen MR) is 97.5 cm³/mol. The van der Waals surface area contributed by atoms with Crippen molar-refractivity contribution in [3.05, 3.63) is 82.5 Å². The van der Waals surface area contributed by atoms with Gasteiger partial charge >= 0.3 is 0 Å². The number of aromatic nitrogens is 2. The zero-order valence-electron chi connectivity index (χ0n) is 14.1. The predicted octanol–water partition coefficient (Wildman–Crippen LogP) is 4.18. The van der Waals surface area contributed by atoms with Crippen molar-refractivity contribution in [2.45, 2.75) is 31.8 Å². The molecular weight excluding hydrogens is 350 g/mol. The van der Waals surface area contributed by atoms with Gasteiger partial charge in [-0.2, -0.15) is 0 Å². The van der Waals surface area contributed by atoms with E-state index in [9.17, 15) is 4.79 Å². The second-order valence-corrected chi connectivity index (χ2v) is 6.77. The normalized spacial score (nSPS) is 17.0. The second-order valence-electron chi connectivity index (χ2n) is 6.36. The number of rotatable bonds is 5. The molecule has 2 heterocycles. The molecule has 0 saturated carbocycles. The van der Waals surface area contributed by atoms with E-state index >= 15 is 0 Å². The molecule has 0 N–H and O–H groups in total. The van der Waals surface area contributed by atoms with Crippen LogP contribution >= 0.6 is 11.6 Å². The summed E-state index contributed by atoms with van der Waals surface area (Å²) < 4.78 is 5.87. The highest BCUT2D eigenvalue weighted by Gasteiger charge is 2.35. The Morgan fingerprint density at radius 3 is 2.65 bits per heavy atom. The molecular formula is C20H18ClN3O2. The lowest BCUT2D eigenvalue weighted by molar-refractivity contribution is -0.129. The van der Waals surface area contributed by atoms with Crippen molar-refractivity contribution in [1.29, 1.82) is 0 Å². The summed E-state index contributed by atoms with van der Waals surface area (Å²) in [7, 11) is 0. The molecule has 4 rings (SSSR count). The van der Waals surface area contributed by atoms with Crippen LogP contribution in [0.25, 0.3) is 0 Å². The highest BCUT2D eigenvalue weighted by atomic mass is 35.5. The van der Waals surface area contributed by atoms with Crippen molar-refractivity contribution >= 4 is 17.5 Å². The first-order valence-corrected chi connectivity index (χ1v) is 8.97. The average Bonchev–Trinajstić information content (AvgIpc) is 3.25. The van der Waals surface area contributed by atoms with E-state index in [0.29, 0.717) is 42.6 Å². The molecule has 1 aromatic heterocycles. The van der Waals surface area contributed by atoms with Crippen LogP contribution in [-0.4, -0.2) is 21.0 Å². The molecule has 1 aliphatic heterocycles. The number of carbonyl (C=O) groups excluding carboxylic acids is 1. The maximum Gasteiger partial charge on any atom is 0.239 e. The Kier molecular flexibility index (Phi) is 4.71. The third-order valence-electron chi connectivity index (χ3n) is 4.59. The molecule has 1 aliphatic rings. The van der Waals surface area contributed by atoms with Gasteiger partial charge in [0, 0.05) is 18.0 Å². The fourth-order valence-electron chi connectivity index (χ4n) is 3.25. The molecule has 1 atom stereocenters. The van der Waals surface area contributed by atoms with Gasteiger partial charge in [0.05, 0.1) is 6.42 Å². The first-order chi connectivity index (χ1) is 12.7. The Morgan fingerprint density at radius 2 is 1.85 bits per heavy atom. The number of carbonyl (C=O) groups is 1. The van der Waals surface area contributed by atoms with E-state index in [0.717, 1.165) is 11.1 Å². The number of likely N-dealkylation sites (tertiary alicyclic amines) is 1. The molecule has 26 heavy (non-hydrogen) atoms. The topological polar surface area (TPSA) is 59.2 Å². The van der Waals surface area contributed by atoms with Crippen LogP contribution in [0.2, 0.25) is 5.02 Å². The van der Waals surface area contributed by atoms with Crippen molar-refractivity contribution in [3.8, 4) is 0 Å². The highest BCUT2D eigenvalue weighted by molar-refractivity contribution is 6.31. The van der Waals surface area contributed by atoms with Crippen LogP contribution in [0.15, 0.2) is 59.0 Å². The minimum Gasteiger partial charge on any atom is -0.423 e. The summed E-state index contributed by atoms with van der Waals surface area (Å²) in [6.45, 7) is 0.548. The van der Waals surface area contributed by atoms with Crippen LogP contribution in [0.4, 0.5) is 0 Å². The Morgan fingerprint density at radius 1 is 1.08 bits per heavy atom. The first-order valence-electron chi connectivity index (χ1n) is 8.60. The SMILES string of the molecule is O=C1CC[C@@H](c2nnc(Cc3ccccc3Cl)o2)N1Cc1ccccc1. The molecule has 132 valence electrons. The lowest BCUT2D eigenvalue weighted by Crippen LogP contribution is -2.27. The Labute approximate surface area is 156 Å². The van der Waals surface area contributed by atoms with E-state index in [1.807, 2.05) is 59.5 Å². The molecule has 0 bridgehead atoms. The van der Waals surface area contributed by atoms with Crippen molar-refractivity contribution in [2.75, 3.05) is 0 Å². The summed E-state index contributed by atoms with van der Waals surface area (Å²) in [5, 5.41) is 9.02. The van der Waals surface area contributed by atoms with Gasteiger partial charge in [-0.15, -0.1) is 10.2 Å². The summed E-state index contributed by atoms with van der Waals surface area (Å²) in [6, 6.07) is 17.4. The van der Waals surface area contributed by atoms with Crippen LogP contribution in [0, 0.1) is 0 Å². The lowest BCUT2D eigenvalue weighted by Gasteiger charge is -2.22. The standard InChI is InChI=1S/C20H18ClN3O2/c21-16-9-5-4-8-15(16)12-18-22-23-20(26-18)17-10-11-19(25)24(17)13-14-6-2-1-3-7-14/h1-9,17H,10-13H2/t17-/m0/s1. The first kappa shape index (κ1) is 16.8. The van der Waals surface area contributed by atoms with Crippen molar-refractivity contribution in [2.24, 2.45) is 0 Å². The summed E-state index contributed by atoms with van der Waals surface area (Å²) in [4.78, 5) is 14.1. The van der Waals surface area contributed by atoms with E-state index in [1.54, 1.807) is 0 Å². The maximum absolute atomic E-state index is 12.3. The molecule has 1 saturated heterocycles. The molecule has 2 aromatic carbocycles. The van der Waals surface area contributed by atoms with Gasteiger partial charge in [-0.3, -0.25) is 4.79 Å². The largest absolute Gasteiger partial charge is 0.423 e. The Balaban J connectivity index is 1.52. The fraction of sp³-hybridized carbons (Fsp3) is 0.250. The van der Waals surface area contributed by atoms with Gasteiger partial charge in [0.1, 0.15) is 6.04 Å². The van der Waals surface area contributed by atoms with Gasteiger partial charge in [0.2, 0.25) is 17.7 Å². The average molecular weight is 368 g/mol. The van der Waals surface area contributed by atoms with Crippen LogP contribution in [0.5, 0.6) is 0 Å². The zero-order chi connectivity index (χ0) is 17.9.